The summed E-state index contributed by atoms with van der Waals surface area (Å²) in [6.07, 6.45) is 3.79. The molecule has 4 N–H and O–H groups in total. The number of nitrogens with zero attached hydrogens (tertiary/aromatic N) is 7. The van der Waals surface area contributed by atoms with Crippen LogP contribution in [-0.4, -0.2) is 47.7 Å². The van der Waals surface area contributed by atoms with Crippen LogP contribution < -0.4 is 11.5 Å². The summed E-state index contributed by atoms with van der Waals surface area (Å²) in [5.41, 5.74) is 12.4. The molecule has 146 valence electrons. The van der Waals surface area contributed by atoms with Gasteiger partial charge in [-0.1, -0.05) is 36.4 Å². The Balaban J connectivity index is 1.59. The molecule has 1 saturated heterocycles. The zero-order valence-electron chi connectivity index (χ0n) is 15.5. The Morgan fingerprint density at radius 2 is 1.61 bits per heavy atom. The van der Waals surface area contributed by atoms with E-state index in [9.17, 15) is 0 Å². The molecule has 3 heterocycles. The molecule has 0 spiro atoms. The van der Waals surface area contributed by atoms with Crippen LogP contribution in [0.15, 0.2) is 35.5 Å². The Hall–Kier alpha value is -2.72. The highest BCUT2D eigenvalue weighted by atomic mass is 32.2. The van der Waals surface area contributed by atoms with E-state index in [0.717, 1.165) is 36.3 Å². The smallest absolute Gasteiger partial charge is 0.225 e. The van der Waals surface area contributed by atoms with Crippen molar-refractivity contribution in [3.63, 3.8) is 0 Å². The van der Waals surface area contributed by atoms with Gasteiger partial charge in [0.05, 0.1) is 12.3 Å². The van der Waals surface area contributed by atoms with Gasteiger partial charge in [-0.05, 0) is 38.1 Å². The normalized spacial score (nSPS) is 15.0. The Labute approximate surface area is 167 Å². The molecule has 3 aromatic rings. The van der Waals surface area contributed by atoms with E-state index in [1.165, 1.54) is 31.0 Å². The van der Waals surface area contributed by atoms with Gasteiger partial charge in [-0.25, -0.2) is 0 Å². The molecule has 0 aliphatic carbocycles. The average molecular weight is 398 g/mol. The van der Waals surface area contributed by atoms with Crippen molar-refractivity contribution >= 4 is 23.7 Å². The molecule has 4 rings (SSSR count). The van der Waals surface area contributed by atoms with Crippen LogP contribution in [-0.2, 0) is 12.3 Å². The van der Waals surface area contributed by atoms with Crippen LogP contribution in [0, 0.1) is 0 Å². The lowest BCUT2D eigenvalue weighted by Crippen LogP contribution is -2.30. The summed E-state index contributed by atoms with van der Waals surface area (Å²) >= 11 is 1.50. The number of hydrogen-bond donors (Lipinski definition) is 2. The Morgan fingerprint density at radius 3 is 2.32 bits per heavy atom. The first-order valence-corrected chi connectivity index (χ1v) is 10.3. The van der Waals surface area contributed by atoms with E-state index in [-0.39, 0.29) is 11.9 Å². The topological polar surface area (TPSA) is 125 Å². The summed E-state index contributed by atoms with van der Waals surface area (Å²) in [5.74, 6) is 2.18. The Morgan fingerprint density at radius 1 is 0.893 bits per heavy atom. The monoisotopic (exact) mass is 397 g/mol. The highest BCUT2D eigenvalue weighted by Crippen LogP contribution is 2.25. The largest absolute Gasteiger partial charge is 0.368 e. The summed E-state index contributed by atoms with van der Waals surface area (Å²) in [4.78, 5) is 14.5. The van der Waals surface area contributed by atoms with Crippen LogP contribution in [0.3, 0.4) is 0 Å². The molecule has 0 amide bonds. The molecular weight excluding hydrogens is 374 g/mol. The second-order valence-electron chi connectivity index (χ2n) is 6.66. The molecule has 28 heavy (non-hydrogen) atoms. The quantitative estimate of drug-likeness (QED) is 0.600. The van der Waals surface area contributed by atoms with Gasteiger partial charge in [0.2, 0.25) is 11.9 Å². The van der Waals surface area contributed by atoms with Gasteiger partial charge in [0.1, 0.15) is 5.82 Å². The molecule has 2 aromatic heterocycles. The fourth-order valence-corrected chi connectivity index (χ4v) is 4.13. The first kappa shape index (κ1) is 18.6. The fraction of sp³-hybridized carbons (Fsp3) is 0.389. The van der Waals surface area contributed by atoms with Crippen LogP contribution in [0.2, 0.25) is 0 Å². The van der Waals surface area contributed by atoms with Crippen molar-refractivity contribution in [1.29, 1.82) is 0 Å². The summed E-state index contributed by atoms with van der Waals surface area (Å²) in [6.45, 7) is 3.00. The third kappa shape index (κ3) is 4.39. The zero-order chi connectivity index (χ0) is 19.3. The van der Waals surface area contributed by atoms with Crippen molar-refractivity contribution in [3.05, 3.63) is 42.0 Å². The molecule has 9 nitrogen and oxygen atoms in total. The maximum absolute atomic E-state index is 5.67. The minimum absolute atomic E-state index is 0.124. The molecule has 1 aliphatic heterocycles. The third-order valence-corrected chi connectivity index (χ3v) is 5.50. The lowest BCUT2D eigenvalue weighted by molar-refractivity contribution is 0.214. The van der Waals surface area contributed by atoms with Gasteiger partial charge < -0.3 is 11.5 Å². The Kier molecular flexibility index (Phi) is 5.68. The molecule has 0 saturated carbocycles. The second kappa shape index (κ2) is 8.53. The van der Waals surface area contributed by atoms with Crippen molar-refractivity contribution in [2.75, 3.05) is 24.6 Å². The maximum atomic E-state index is 5.67. The number of rotatable bonds is 6. The Bertz CT molecular complexity index is 902. The van der Waals surface area contributed by atoms with E-state index in [0.29, 0.717) is 11.6 Å². The van der Waals surface area contributed by atoms with Gasteiger partial charge in [-0.15, -0.1) is 10.2 Å². The summed E-state index contributed by atoms with van der Waals surface area (Å²) in [6, 6.07) is 10.2. The van der Waals surface area contributed by atoms with Crippen molar-refractivity contribution in [2.45, 2.75) is 36.7 Å². The minimum Gasteiger partial charge on any atom is -0.368 e. The number of para-hydroxylation sites is 1. The molecule has 1 aliphatic rings. The number of nitrogen functional groups attached to an aromatic ring is 2. The van der Waals surface area contributed by atoms with Crippen molar-refractivity contribution < 1.29 is 0 Å². The number of likely N-dealkylation sites (tertiary alicyclic amines) is 1. The number of thioether (sulfide) groups is 1. The lowest BCUT2D eigenvalue weighted by Gasteiger charge is -2.26. The molecule has 0 bridgehead atoms. The van der Waals surface area contributed by atoms with E-state index in [2.05, 4.69) is 46.7 Å². The third-order valence-electron chi connectivity index (χ3n) is 4.58. The summed E-state index contributed by atoms with van der Waals surface area (Å²) < 4.78 is 2.10. The number of hydrogen-bond acceptors (Lipinski definition) is 9. The van der Waals surface area contributed by atoms with Gasteiger partial charge in [-0.3, -0.25) is 9.47 Å². The number of piperidine rings is 1. The second-order valence-corrected chi connectivity index (χ2v) is 7.61. The van der Waals surface area contributed by atoms with E-state index in [4.69, 9.17) is 11.5 Å². The predicted octanol–water partition coefficient (Wildman–Crippen LogP) is 1.89. The number of benzene rings is 1. The van der Waals surface area contributed by atoms with Crippen molar-refractivity contribution in [3.8, 4) is 5.69 Å². The predicted molar refractivity (Wildman–Crippen MR) is 109 cm³/mol. The molecule has 10 heteroatoms. The van der Waals surface area contributed by atoms with Gasteiger partial charge >= 0.3 is 0 Å². The lowest BCUT2D eigenvalue weighted by atomic mass is 10.1. The van der Waals surface area contributed by atoms with Crippen LogP contribution in [0.4, 0.5) is 11.9 Å². The number of nitrogens with two attached hydrogens (primary N) is 2. The fourth-order valence-electron chi connectivity index (χ4n) is 3.30. The van der Waals surface area contributed by atoms with Crippen molar-refractivity contribution in [1.82, 2.24) is 34.6 Å². The van der Waals surface area contributed by atoms with Crippen LogP contribution in [0.5, 0.6) is 0 Å². The number of anilines is 2. The van der Waals surface area contributed by atoms with Gasteiger partial charge in [0, 0.05) is 5.69 Å². The molecule has 1 fully saturated rings. The average Bonchev–Trinajstić information content (AvgIpc) is 3.09. The van der Waals surface area contributed by atoms with E-state index in [1.807, 2.05) is 18.2 Å². The van der Waals surface area contributed by atoms with Crippen LogP contribution in [0.1, 0.15) is 30.9 Å². The van der Waals surface area contributed by atoms with E-state index >= 15 is 0 Å². The maximum Gasteiger partial charge on any atom is 0.225 e. The van der Waals surface area contributed by atoms with Crippen LogP contribution in [0.25, 0.3) is 5.69 Å². The van der Waals surface area contributed by atoms with E-state index < -0.39 is 0 Å². The SMILES string of the molecule is Nc1nc(N)nc(CSc2nnc(CN3CCCCC3)n2-c2ccccc2)n1. The summed E-state index contributed by atoms with van der Waals surface area (Å²) in [5, 5.41) is 9.70. The molecule has 1 aromatic carbocycles. The van der Waals surface area contributed by atoms with E-state index in [1.54, 1.807) is 0 Å². The first-order valence-electron chi connectivity index (χ1n) is 9.30. The van der Waals surface area contributed by atoms with Crippen LogP contribution >= 0.6 is 11.8 Å². The molecule has 0 unspecified atom stereocenters. The summed E-state index contributed by atoms with van der Waals surface area (Å²) in [7, 11) is 0. The van der Waals surface area contributed by atoms with Gasteiger partial charge in [-0.2, -0.15) is 15.0 Å². The molecule has 0 radical (unpaired) electrons. The molecule has 0 atom stereocenters. The standard InChI is InChI=1S/C18H23N9S/c19-16-21-14(22-17(20)23-16)12-28-18-25-24-15(11-26-9-5-2-6-10-26)27(18)13-7-3-1-4-8-13/h1,3-4,7-8H,2,5-6,9-12H2,(H4,19,20,21,22,23). The van der Waals surface area contributed by atoms with Gasteiger partial charge in [0.15, 0.2) is 11.0 Å². The zero-order valence-corrected chi connectivity index (χ0v) is 16.3. The highest BCUT2D eigenvalue weighted by molar-refractivity contribution is 7.98. The first-order chi connectivity index (χ1) is 13.7. The molecular formula is C18H23N9S. The van der Waals surface area contributed by atoms with Crippen molar-refractivity contribution in [2.24, 2.45) is 0 Å². The number of aromatic nitrogens is 6. The minimum atomic E-state index is 0.124. The highest BCUT2D eigenvalue weighted by Gasteiger charge is 2.19. The van der Waals surface area contributed by atoms with Gasteiger partial charge in [0.25, 0.3) is 0 Å².